The molecular weight excluding hydrogens is 252 g/mol. The number of hydrogen-bond donors (Lipinski definition) is 1. The molecule has 0 amide bonds. The zero-order valence-corrected chi connectivity index (χ0v) is 13.0. The standard InChI is InChI=1S/C16H26N2S/c1-18(15-5-3-4-6-15)12-11-17-13-14-7-9-16(19-2)10-8-14/h7-10,15,17H,3-6,11-13H2,1-2H3. The van der Waals surface area contributed by atoms with Crippen LogP contribution in [0.5, 0.6) is 0 Å². The van der Waals surface area contributed by atoms with Crippen molar-refractivity contribution < 1.29 is 0 Å². The molecule has 1 saturated carbocycles. The molecule has 1 aromatic carbocycles. The number of thioether (sulfide) groups is 1. The molecule has 1 aromatic rings. The van der Waals surface area contributed by atoms with Crippen LogP contribution in [0.15, 0.2) is 29.2 Å². The first-order valence-electron chi connectivity index (χ1n) is 7.33. The van der Waals surface area contributed by atoms with Crippen LogP contribution in [-0.4, -0.2) is 37.3 Å². The molecule has 1 aliphatic carbocycles. The first kappa shape index (κ1) is 14.9. The summed E-state index contributed by atoms with van der Waals surface area (Å²) in [5.74, 6) is 0. The largest absolute Gasteiger partial charge is 0.311 e. The lowest BCUT2D eigenvalue weighted by atomic mass is 10.2. The molecule has 3 heteroatoms. The van der Waals surface area contributed by atoms with Crippen LogP contribution < -0.4 is 5.32 Å². The molecule has 0 radical (unpaired) electrons. The Hall–Kier alpha value is -0.510. The molecule has 19 heavy (non-hydrogen) atoms. The Morgan fingerprint density at radius 2 is 1.89 bits per heavy atom. The van der Waals surface area contributed by atoms with E-state index in [1.165, 1.54) is 36.1 Å². The molecule has 0 atom stereocenters. The Bertz CT molecular complexity index is 358. The van der Waals surface area contributed by atoms with Crippen molar-refractivity contribution in [3.05, 3.63) is 29.8 Å². The summed E-state index contributed by atoms with van der Waals surface area (Å²) in [5.41, 5.74) is 1.38. The van der Waals surface area contributed by atoms with E-state index >= 15 is 0 Å². The third-order valence-corrected chi connectivity index (χ3v) is 4.82. The Labute approximate surface area is 122 Å². The molecule has 0 saturated heterocycles. The van der Waals surface area contributed by atoms with Gasteiger partial charge in [0.2, 0.25) is 0 Å². The molecule has 0 spiro atoms. The lowest BCUT2D eigenvalue weighted by molar-refractivity contribution is 0.245. The van der Waals surface area contributed by atoms with E-state index in [0.717, 1.165) is 25.7 Å². The van der Waals surface area contributed by atoms with Gasteiger partial charge in [0.1, 0.15) is 0 Å². The molecule has 0 aliphatic heterocycles. The average molecular weight is 278 g/mol. The highest BCUT2D eigenvalue weighted by atomic mass is 32.2. The van der Waals surface area contributed by atoms with Gasteiger partial charge in [0.05, 0.1) is 0 Å². The number of nitrogens with zero attached hydrogens (tertiary/aromatic N) is 1. The van der Waals surface area contributed by atoms with Gasteiger partial charge in [-0.05, 0) is 43.8 Å². The summed E-state index contributed by atoms with van der Waals surface area (Å²) in [6.07, 6.45) is 7.75. The van der Waals surface area contributed by atoms with Crippen LogP contribution in [0.25, 0.3) is 0 Å². The smallest absolute Gasteiger partial charge is 0.0206 e. The summed E-state index contributed by atoms with van der Waals surface area (Å²) in [4.78, 5) is 3.86. The SMILES string of the molecule is CSc1ccc(CNCCN(C)C2CCCC2)cc1. The summed E-state index contributed by atoms with van der Waals surface area (Å²) < 4.78 is 0. The van der Waals surface area contributed by atoms with Crippen LogP contribution in [0, 0.1) is 0 Å². The topological polar surface area (TPSA) is 15.3 Å². The summed E-state index contributed by atoms with van der Waals surface area (Å²) >= 11 is 1.80. The van der Waals surface area contributed by atoms with E-state index in [1.54, 1.807) is 11.8 Å². The van der Waals surface area contributed by atoms with E-state index in [9.17, 15) is 0 Å². The van der Waals surface area contributed by atoms with E-state index in [4.69, 9.17) is 0 Å². The van der Waals surface area contributed by atoms with Gasteiger partial charge in [0, 0.05) is 30.6 Å². The van der Waals surface area contributed by atoms with Crippen LogP contribution in [0.1, 0.15) is 31.2 Å². The molecule has 1 fully saturated rings. The minimum atomic E-state index is 0.836. The molecule has 106 valence electrons. The summed E-state index contributed by atoms with van der Waals surface area (Å²) in [5, 5.41) is 3.55. The molecule has 1 N–H and O–H groups in total. The van der Waals surface area contributed by atoms with Crippen molar-refractivity contribution in [1.29, 1.82) is 0 Å². The van der Waals surface area contributed by atoms with Gasteiger partial charge in [-0.2, -0.15) is 0 Å². The molecule has 0 unspecified atom stereocenters. The third-order valence-electron chi connectivity index (χ3n) is 4.08. The van der Waals surface area contributed by atoms with E-state index in [2.05, 4.69) is 47.8 Å². The molecule has 2 nitrogen and oxygen atoms in total. The highest BCUT2D eigenvalue weighted by Crippen LogP contribution is 2.21. The monoisotopic (exact) mass is 278 g/mol. The van der Waals surface area contributed by atoms with Gasteiger partial charge in [-0.25, -0.2) is 0 Å². The maximum atomic E-state index is 3.55. The predicted octanol–water partition coefficient (Wildman–Crippen LogP) is 3.37. The summed E-state index contributed by atoms with van der Waals surface area (Å²) in [6.45, 7) is 3.22. The van der Waals surface area contributed by atoms with Crippen LogP contribution in [0.4, 0.5) is 0 Å². The first-order chi connectivity index (χ1) is 9.29. The maximum absolute atomic E-state index is 3.55. The van der Waals surface area contributed by atoms with Gasteiger partial charge in [-0.15, -0.1) is 11.8 Å². The van der Waals surface area contributed by atoms with Gasteiger partial charge in [-0.3, -0.25) is 0 Å². The first-order valence-corrected chi connectivity index (χ1v) is 8.56. The van der Waals surface area contributed by atoms with Gasteiger partial charge < -0.3 is 10.2 Å². The quantitative estimate of drug-likeness (QED) is 0.608. The second-order valence-electron chi connectivity index (χ2n) is 5.44. The molecule has 0 aromatic heterocycles. The zero-order valence-electron chi connectivity index (χ0n) is 12.2. The van der Waals surface area contributed by atoms with Crippen molar-refractivity contribution >= 4 is 11.8 Å². The minimum absolute atomic E-state index is 0.836. The molecule has 0 heterocycles. The Kier molecular flexibility index (Phi) is 6.21. The zero-order chi connectivity index (χ0) is 13.5. The lowest BCUT2D eigenvalue weighted by Gasteiger charge is -2.24. The normalized spacial score (nSPS) is 16.4. The number of rotatable bonds is 7. The molecule has 0 bridgehead atoms. The maximum Gasteiger partial charge on any atom is 0.0206 e. The van der Waals surface area contributed by atoms with Crippen LogP contribution >= 0.6 is 11.8 Å². The highest BCUT2D eigenvalue weighted by Gasteiger charge is 2.18. The number of hydrogen-bond acceptors (Lipinski definition) is 3. The second-order valence-corrected chi connectivity index (χ2v) is 6.32. The highest BCUT2D eigenvalue weighted by molar-refractivity contribution is 7.98. The lowest BCUT2D eigenvalue weighted by Crippen LogP contribution is -2.35. The Morgan fingerprint density at radius 3 is 2.53 bits per heavy atom. The predicted molar refractivity (Wildman–Crippen MR) is 84.8 cm³/mol. The third kappa shape index (κ3) is 4.83. The van der Waals surface area contributed by atoms with Gasteiger partial charge in [0.25, 0.3) is 0 Å². The van der Waals surface area contributed by atoms with Crippen molar-refractivity contribution in [2.45, 2.75) is 43.2 Å². The van der Waals surface area contributed by atoms with Crippen molar-refractivity contribution in [3.8, 4) is 0 Å². The van der Waals surface area contributed by atoms with Gasteiger partial charge in [0.15, 0.2) is 0 Å². The minimum Gasteiger partial charge on any atom is -0.311 e. The Morgan fingerprint density at radius 1 is 1.21 bits per heavy atom. The van der Waals surface area contributed by atoms with Crippen molar-refractivity contribution in [2.75, 3.05) is 26.4 Å². The second kappa shape index (κ2) is 7.93. The summed E-state index contributed by atoms with van der Waals surface area (Å²) in [6, 6.07) is 9.68. The fraction of sp³-hybridized carbons (Fsp3) is 0.625. The number of likely N-dealkylation sites (N-methyl/N-ethyl adjacent to an activating group) is 1. The van der Waals surface area contributed by atoms with E-state index in [-0.39, 0.29) is 0 Å². The average Bonchev–Trinajstić information content (AvgIpc) is 2.98. The van der Waals surface area contributed by atoms with Gasteiger partial charge >= 0.3 is 0 Å². The number of benzene rings is 1. The van der Waals surface area contributed by atoms with Crippen molar-refractivity contribution in [1.82, 2.24) is 10.2 Å². The van der Waals surface area contributed by atoms with E-state index < -0.39 is 0 Å². The fourth-order valence-corrected chi connectivity index (χ4v) is 3.17. The molecule has 1 aliphatic rings. The molecule has 2 rings (SSSR count). The fourth-order valence-electron chi connectivity index (χ4n) is 2.76. The van der Waals surface area contributed by atoms with Crippen LogP contribution in [0.2, 0.25) is 0 Å². The molecular formula is C16H26N2S. The van der Waals surface area contributed by atoms with E-state index in [0.29, 0.717) is 0 Å². The summed E-state index contributed by atoms with van der Waals surface area (Å²) in [7, 11) is 2.27. The van der Waals surface area contributed by atoms with Crippen LogP contribution in [0.3, 0.4) is 0 Å². The van der Waals surface area contributed by atoms with E-state index in [1.807, 2.05) is 0 Å². The van der Waals surface area contributed by atoms with Crippen molar-refractivity contribution in [2.24, 2.45) is 0 Å². The Balaban J connectivity index is 1.62. The van der Waals surface area contributed by atoms with Crippen molar-refractivity contribution in [3.63, 3.8) is 0 Å². The number of nitrogens with one attached hydrogen (secondary N) is 1. The van der Waals surface area contributed by atoms with Gasteiger partial charge in [-0.1, -0.05) is 25.0 Å². The van der Waals surface area contributed by atoms with Crippen LogP contribution in [-0.2, 0) is 6.54 Å².